The van der Waals surface area contributed by atoms with Gasteiger partial charge in [0.15, 0.2) is 0 Å². The highest BCUT2D eigenvalue weighted by Crippen LogP contribution is 2.65. The summed E-state index contributed by atoms with van der Waals surface area (Å²) in [7, 11) is 0. The van der Waals surface area contributed by atoms with Gasteiger partial charge < -0.3 is 5.11 Å². The molecule has 29 heavy (non-hydrogen) atoms. The standard InChI is InChI=1S/C28H44O/c1-18(2)19(3)7-8-20(4)24-11-12-25-23-10-9-21-17-22(29)13-15-27(21,5)26(23)14-16-28(24,25)6/h7-8,10,12,18-22,24,26,29H,9,11,13-17H2,1-6H3. The number of hydrogen-bond donors (Lipinski definition) is 1. The molecule has 1 N–H and O–H groups in total. The van der Waals surface area contributed by atoms with Crippen molar-refractivity contribution in [3.8, 4) is 0 Å². The van der Waals surface area contributed by atoms with Crippen LogP contribution in [0.3, 0.4) is 0 Å². The Labute approximate surface area is 179 Å². The molecule has 8 unspecified atom stereocenters. The lowest BCUT2D eigenvalue weighted by molar-refractivity contribution is -0.0256. The van der Waals surface area contributed by atoms with Crippen LogP contribution in [0.1, 0.15) is 86.5 Å². The largest absolute Gasteiger partial charge is 0.393 e. The Kier molecular flexibility index (Phi) is 5.69. The Bertz CT molecular complexity index is 712. The van der Waals surface area contributed by atoms with E-state index in [1.807, 2.05) is 0 Å². The first-order chi connectivity index (χ1) is 13.7. The zero-order chi connectivity index (χ0) is 21.0. The van der Waals surface area contributed by atoms with Crippen LogP contribution in [0, 0.1) is 46.3 Å². The fourth-order valence-electron chi connectivity index (χ4n) is 7.42. The zero-order valence-corrected chi connectivity index (χ0v) is 19.7. The minimum Gasteiger partial charge on any atom is -0.393 e. The van der Waals surface area contributed by atoms with E-state index in [0.29, 0.717) is 28.6 Å². The molecule has 0 aromatic carbocycles. The number of aliphatic hydroxyl groups excluding tert-OH is 1. The maximum Gasteiger partial charge on any atom is 0.0543 e. The molecular weight excluding hydrogens is 352 g/mol. The van der Waals surface area contributed by atoms with E-state index in [2.05, 4.69) is 65.8 Å². The topological polar surface area (TPSA) is 20.2 Å². The van der Waals surface area contributed by atoms with Crippen molar-refractivity contribution in [2.24, 2.45) is 46.3 Å². The summed E-state index contributed by atoms with van der Waals surface area (Å²) >= 11 is 0. The van der Waals surface area contributed by atoms with Crippen molar-refractivity contribution in [2.75, 3.05) is 0 Å². The predicted octanol–water partition coefficient (Wildman–Crippen LogP) is 7.33. The molecule has 0 aliphatic heterocycles. The summed E-state index contributed by atoms with van der Waals surface area (Å²) in [6.45, 7) is 14.6. The smallest absolute Gasteiger partial charge is 0.0543 e. The van der Waals surface area contributed by atoms with E-state index in [9.17, 15) is 5.11 Å². The van der Waals surface area contributed by atoms with Crippen molar-refractivity contribution < 1.29 is 5.11 Å². The molecule has 0 heterocycles. The van der Waals surface area contributed by atoms with Gasteiger partial charge in [-0.1, -0.05) is 65.8 Å². The third-order valence-corrected chi connectivity index (χ3v) is 9.98. The first-order valence-corrected chi connectivity index (χ1v) is 12.4. The van der Waals surface area contributed by atoms with Crippen LogP contribution in [-0.4, -0.2) is 11.2 Å². The van der Waals surface area contributed by atoms with Crippen molar-refractivity contribution in [1.29, 1.82) is 0 Å². The Balaban J connectivity index is 1.55. The van der Waals surface area contributed by atoms with Crippen LogP contribution in [0.15, 0.2) is 35.5 Å². The van der Waals surface area contributed by atoms with E-state index in [4.69, 9.17) is 0 Å². The molecule has 0 bridgehead atoms. The van der Waals surface area contributed by atoms with Crippen molar-refractivity contribution in [1.82, 2.24) is 0 Å². The third-order valence-electron chi connectivity index (χ3n) is 9.98. The average Bonchev–Trinajstić information content (AvgIpc) is 3.03. The molecule has 0 saturated heterocycles. The molecule has 4 aliphatic rings. The van der Waals surface area contributed by atoms with E-state index in [-0.39, 0.29) is 6.10 Å². The Morgan fingerprint density at radius 1 is 1.00 bits per heavy atom. The van der Waals surface area contributed by atoms with Gasteiger partial charge in [0.25, 0.3) is 0 Å². The molecular formula is C28H44O. The third kappa shape index (κ3) is 3.50. The summed E-state index contributed by atoms with van der Waals surface area (Å²) in [5, 5.41) is 10.2. The van der Waals surface area contributed by atoms with Gasteiger partial charge in [-0.05, 0) is 102 Å². The summed E-state index contributed by atoms with van der Waals surface area (Å²) in [6, 6.07) is 0. The van der Waals surface area contributed by atoms with Crippen molar-refractivity contribution in [2.45, 2.75) is 92.6 Å². The Hall–Kier alpha value is -0.820. The SMILES string of the molecule is CC(C)C(C)C=CC(C)C1CC=C2C3=CCC4CC(O)CCC4(C)C3CCC21C. The highest BCUT2D eigenvalue weighted by atomic mass is 16.3. The fraction of sp³-hybridized carbons (Fsp3) is 0.786. The number of aliphatic hydroxyl groups is 1. The van der Waals surface area contributed by atoms with Gasteiger partial charge in [0, 0.05) is 0 Å². The second-order valence-electron chi connectivity index (χ2n) is 11.8. The molecule has 0 aromatic rings. The van der Waals surface area contributed by atoms with Gasteiger partial charge in [0.1, 0.15) is 0 Å². The molecule has 2 saturated carbocycles. The van der Waals surface area contributed by atoms with Gasteiger partial charge in [0.2, 0.25) is 0 Å². The minimum atomic E-state index is -0.0622. The van der Waals surface area contributed by atoms with Crippen molar-refractivity contribution in [3.05, 3.63) is 35.5 Å². The summed E-state index contributed by atoms with van der Waals surface area (Å²) < 4.78 is 0. The molecule has 1 heteroatoms. The van der Waals surface area contributed by atoms with Crippen LogP contribution in [0.25, 0.3) is 0 Å². The summed E-state index contributed by atoms with van der Waals surface area (Å²) in [4.78, 5) is 0. The maximum atomic E-state index is 10.2. The Morgan fingerprint density at radius 3 is 2.48 bits per heavy atom. The van der Waals surface area contributed by atoms with Gasteiger partial charge in [-0.2, -0.15) is 0 Å². The number of allylic oxidation sites excluding steroid dienone is 6. The normalized spacial score (nSPS) is 44.0. The second kappa shape index (κ2) is 7.70. The van der Waals surface area contributed by atoms with Crippen molar-refractivity contribution >= 4 is 0 Å². The summed E-state index contributed by atoms with van der Waals surface area (Å²) in [5.74, 6) is 4.17. The van der Waals surface area contributed by atoms with Crippen LogP contribution in [0.5, 0.6) is 0 Å². The highest BCUT2D eigenvalue weighted by molar-refractivity contribution is 5.46. The van der Waals surface area contributed by atoms with Crippen LogP contribution >= 0.6 is 0 Å². The predicted molar refractivity (Wildman–Crippen MR) is 123 cm³/mol. The molecule has 4 rings (SSSR count). The van der Waals surface area contributed by atoms with Gasteiger partial charge in [-0.15, -0.1) is 0 Å². The molecule has 0 radical (unpaired) electrons. The molecule has 4 aliphatic carbocycles. The van der Waals surface area contributed by atoms with E-state index in [0.717, 1.165) is 30.6 Å². The van der Waals surface area contributed by atoms with E-state index in [1.54, 1.807) is 11.1 Å². The minimum absolute atomic E-state index is 0.0622. The molecule has 162 valence electrons. The number of rotatable bonds is 4. The van der Waals surface area contributed by atoms with E-state index in [1.165, 1.54) is 32.1 Å². The van der Waals surface area contributed by atoms with E-state index < -0.39 is 0 Å². The Morgan fingerprint density at radius 2 is 1.76 bits per heavy atom. The quantitative estimate of drug-likeness (QED) is 0.493. The molecule has 1 nitrogen and oxygen atoms in total. The highest BCUT2D eigenvalue weighted by Gasteiger charge is 2.55. The van der Waals surface area contributed by atoms with Gasteiger partial charge >= 0.3 is 0 Å². The zero-order valence-electron chi connectivity index (χ0n) is 19.7. The molecule has 2 fully saturated rings. The van der Waals surface area contributed by atoms with Crippen LogP contribution in [0.4, 0.5) is 0 Å². The van der Waals surface area contributed by atoms with Gasteiger partial charge in [0.05, 0.1) is 6.10 Å². The van der Waals surface area contributed by atoms with Crippen molar-refractivity contribution in [3.63, 3.8) is 0 Å². The van der Waals surface area contributed by atoms with Gasteiger partial charge in [-0.3, -0.25) is 0 Å². The monoisotopic (exact) mass is 396 g/mol. The average molecular weight is 397 g/mol. The number of fused-ring (bicyclic) bond motifs is 5. The van der Waals surface area contributed by atoms with Crippen LogP contribution in [0.2, 0.25) is 0 Å². The van der Waals surface area contributed by atoms with Gasteiger partial charge in [-0.25, -0.2) is 0 Å². The maximum absolute atomic E-state index is 10.2. The lowest BCUT2D eigenvalue weighted by atomic mass is 9.48. The number of hydrogen-bond acceptors (Lipinski definition) is 1. The fourth-order valence-corrected chi connectivity index (χ4v) is 7.42. The molecule has 0 aromatic heterocycles. The first-order valence-electron chi connectivity index (χ1n) is 12.4. The summed E-state index contributed by atoms with van der Waals surface area (Å²) in [5.41, 5.74) is 4.18. The van der Waals surface area contributed by atoms with E-state index >= 15 is 0 Å². The summed E-state index contributed by atoms with van der Waals surface area (Å²) in [6.07, 6.45) is 18.5. The lowest BCUT2D eigenvalue weighted by Gasteiger charge is -2.56. The molecule has 8 atom stereocenters. The first kappa shape index (κ1) is 21.4. The lowest BCUT2D eigenvalue weighted by Crippen LogP contribution is -2.48. The molecule has 0 spiro atoms. The molecule has 0 amide bonds. The second-order valence-corrected chi connectivity index (χ2v) is 11.8. The van der Waals surface area contributed by atoms with Crippen LogP contribution < -0.4 is 0 Å². The van der Waals surface area contributed by atoms with Crippen LogP contribution in [-0.2, 0) is 0 Å².